The average molecular weight is 352 g/mol. The number of hydrogen-bond donors (Lipinski definition) is 2. The first-order valence-corrected chi connectivity index (χ1v) is 8.65. The number of carbonyl (C=O) groups is 2. The van der Waals surface area contributed by atoms with E-state index in [2.05, 4.69) is 10.6 Å². The van der Waals surface area contributed by atoms with Crippen LogP contribution in [0.25, 0.3) is 0 Å². The second-order valence-corrected chi connectivity index (χ2v) is 6.47. The highest BCUT2D eigenvalue weighted by Gasteiger charge is 2.22. The molecule has 1 unspecified atom stereocenters. The number of rotatable bonds is 3. The molecule has 0 saturated carbocycles. The molecule has 2 amide bonds. The molecule has 1 aromatic carbocycles. The van der Waals surface area contributed by atoms with Crippen LogP contribution in [-0.2, 0) is 4.79 Å². The third-order valence-corrected chi connectivity index (χ3v) is 4.69. The summed E-state index contributed by atoms with van der Waals surface area (Å²) < 4.78 is 0. The molecule has 6 heteroatoms. The van der Waals surface area contributed by atoms with Crippen LogP contribution >= 0.6 is 12.4 Å². The van der Waals surface area contributed by atoms with Crippen molar-refractivity contribution in [2.24, 2.45) is 5.92 Å². The van der Waals surface area contributed by atoms with Crippen LogP contribution in [0.15, 0.2) is 24.3 Å². The van der Waals surface area contributed by atoms with Gasteiger partial charge in [-0.15, -0.1) is 12.4 Å². The minimum absolute atomic E-state index is 0. The Bertz CT molecular complexity index is 567. The molecule has 2 aliphatic rings. The number of piperidine rings is 2. The molecule has 2 N–H and O–H groups in total. The van der Waals surface area contributed by atoms with Gasteiger partial charge < -0.3 is 15.5 Å². The van der Waals surface area contributed by atoms with Crippen molar-refractivity contribution in [3.05, 3.63) is 29.8 Å². The summed E-state index contributed by atoms with van der Waals surface area (Å²) in [5.74, 6) is 0.130. The van der Waals surface area contributed by atoms with Gasteiger partial charge in [-0.2, -0.15) is 0 Å². The Hall–Kier alpha value is -1.59. The summed E-state index contributed by atoms with van der Waals surface area (Å²) in [7, 11) is 0. The number of carbonyl (C=O) groups excluding carboxylic acids is 2. The number of hydrogen-bond acceptors (Lipinski definition) is 3. The number of amides is 2. The van der Waals surface area contributed by atoms with Crippen LogP contribution in [0.2, 0.25) is 0 Å². The summed E-state index contributed by atoms with van der Waals surface area (Å²) in [6, 6.07) is 7.31. The second-order valence-electron chi connectivity index (χ2n) is 6.47. The summed E-state index contributed by atoms with van der Waals surface area (Å²) >= 11 is 0. The van der Waals surface area contributed by atoms with Crippen LogP contribution in [-0.4, -0.2) is 42.9 Å². The Morgan fingerprint density at radius 3 is 2.62 bits per heavy atom. The molecule has 2 saturated heterocycles. The zero-order chi connectivity index (χ0) is 16.1. The van der Waals surface area contributed by atoms with Crippen molar-refractivity contribution < 1.29 is 9.59 Å². The third kappa shape index (κ3) is 4.71. The van der Waals surface area contributed by atoms with E-state index in [0.29, 0.717) is 11.3 Å². The number of halogens is 1. The van der Waals surface area contributed by atoms with E-state index in [4.69, 9.17) is 0 Å². The van der Waals surface area contributed by atoms with E-state index >= 15 is 0 Å². The zero-order valence-corrected chi connectivity index (χ0v) is 14.7. The largest absolute Gasteiger partial charge is 0.339 e. The normalized spacial score (nSPS) is 20.8. The topological polar surface area (TPSA) is 61.4 Å². The summed E-state index contributed by atoms with van der Waals surface area (Å²) in [6.07, 6.45) is 5.32. The van der Waals surface area contributed by atoms with Crippen LogP contribution in [0.5, 0.6) is 0 Å². The molecule has 2 aliphatic heterocycles. The molecule has 132 valence electrons. The predicted molar refractivity (Wildman–Crippen MR) is 97.7 cm³/mol. The Morgan fingerprint density at radius 2 is 1.92 bits per heavy atom. The maximum Gasteiger partial charge on any atom is 0.253 e. The first kappa shape index (κ1) is 18.7. The SMILES string of the molecule is Cl.O=C(Nc1cccc(C(=O)N2CCCCC2)c1)C1CCCNC1. The van der Waals surface area contributed by atoms with Crippen LogP contribution in [0.4, 0.5) is 5.69 Å². The Morgan fingerprint density at radius 1 is 1.12 bits per heavy atom. The van der Waals surface area contributed by atoms with Gasteiger partial charge in [-0.25, -0.2) is 0 Å². The lowest BCUT2D eigenvalue weighted by molar-refractivity contribution is -0.120. The fourth-order valence-electron chi connectivity index (χ4n) is 3.33. The molecule has 0 radical (unpaired) electrons. The van der Waals surface area contributed by atoms with E-state index in [1.807, 2.05) is 23.1 Å². The van der Waals surface area contributed by atoms with Crippen molar-refractivity contribution in [1.82, 2.24) is 10.2 Å². The van der Waals surface area contributed by atoms with Gasteiger partial charge in [0.1, 0.15) is 0 Å². The highest BCUT2D eigenvalue weighted by atomic mass is 35.5. The Kier molecular flexibility index (Phi) is 7.06. The highest BCUT2D eigenvalue weighted by Crippen LogP contribution is 2.18. The molecule has 2 fully saturated rings. The minimum atomic E-state index is 0. The lowest BCUT2D eigenvalue weighted by Crippen LogP contribution is -2.37. The summed E-state index contributed by atoms with van der Waals surface area (Å²) in [6.45, 7) is 3.40. The van der Waals surface area contributed by atoms with Crippen LogP contribution in [0.1, 0.15) is 42.5 Å². The molecule has 0 bridgehead atoms. The molecule has 3 rings (SSSR count). The number of likely N-dealkylation sites (tertiary alicyclic amines) is 1. The first-order valence-electron chi connectivity index (χ1n) is 8.65. The van der Waals surface area contributed by atoms with E-state index in [1.165, 1.54) is 6.42 Å². The summed E-state index contributed by atoms with van der Waals surface area (Å²) in [4.78, 5) is 26.8. The van der Waals surface area contributed by atoms with Crippen LogP contribution in [0.3, 0.4) is 0 Å². The van der Waals surface area contributed by atoms with Gasteiger partial charge in [-0.3, -0.25) is 9.59 Å². The zero-order valence-electron chi connectivity index (χ0n) is 13.9. The number of anilines is 1. The monoisotopic (exact) mass is 351 g/mol. The van der Waals surface area contributed by atoms with Gasteiger partial charge >= 0.3 is 0 Å². The maximum atomic E-state index is 12.5. The number of nitrogens with one attached hydrogen (secondary N) is 2. The summed E-state index contributed by atoms with van der Waals surface area (Å²) in [5, 5.41) is 6.21. The Labute approximate surface area is 149 Å². The molecule has 24 heavy (non-hydrogen) atoms. The van der Waals surface area contributed by atoms with Gasteiger partial charge in [0.2, 0.25) is 5.91 Å². The van der Waals surface area contributed by atoms with Crippen molar-refractivity contribution in [3.8, 4) is 0 Å². The smallest absolute Gasteiger partial charge is 0.253 e. The standard InChI is InChI=1S/C18H25N3O2.ClH/c22-17(15-7-5-9-19-13-15)20-16-8-4-6-14(12-16)18(23)21-10-2-1-3-11-21;/h4,6,8,12,15,19H,1-3,5,7,9-11,13H2,(H,20,22);1H. The quantitative estimate of drug-likeness (QED) is 0.880. The van der Waals surface area contributed by atoms with Gasteiger partial charge in [-0.1, -0.05) is 6.07 Å². The molecular formula is C18H26ClN3O2. The third-order valence-electron chi connectivity index (χ3n) is 4.69. The van der Waals surface area contributed by atoms with Gasteiger partial charge in [0.15, 0.2) is 0 Å². The van der Waals surface area contributed by atoms with Gasteiger partial charge in [0.25, 0.3) is 5.91 Å². The first-order chi connectivity index (χ1) is 11.2. The lowest BCUT2D eigenvalue weighted by atomic mass is 9.98. The van der Waals surface area contributed by atoms with Gasteiger partial charge in [0, 0.05) is 30.9 Å². The van der Waals surface area contributed by atoms with Crippen molar-refractivity contribution >= 4 is 29.9 Å². The number of benzene rings is 1. The van der Waals surface area contributed by atoms with E-state index in [-0.39, 0.29) is 30.1 Å². The van der Waals surface area contributed by atoms with E-state index in [1.54, 1.807) is 6.07 Å². The van der Waals surface area contributed by atoms with Gasteiger partial charge in [-0.05, 0) is 56.8 Å². The van der Waals surface area contributed by atoms with Gasteiger partial charge in [0.05, 0.1) is 5.92 Å². The fraction of sp³-hybridized carbons (Fsp3) is 0.556. The fourth-order valence-corrected chi connectivity index (χ4v) is 3.33. The highest BCUT2D eigenvalue weighted by molar-refractivity contribution is 5.97. The average Bonchev–Trinajstić information content (AvgIpc) is 2.63. The van der Waals surface area contributed by atoms with E-state index in [0.717, 1.165) is 51.9 Å². The van der Waals surface area contributed by atoms with Crippen LogP contribution in [0, 0.1) is 5.92 Å². The minimum Gasteiger partial charge on any atom is -0.339 e. The molecule has 0 aliphatic carbocycles. The molecule has 1 atom stereocenters. The number of nitrogens with zero attached hydrogens (tertiary/aromatic N) is 1. The van der Waals surface area contributed by atoms with E-state index in [9.17, 15) is 9.59 Å². The molecule has 0 spiro atoms. The van der Waals surface area contributed by atoms with E-state index < -0.39 is 0 Å². The van der Waals surface area contributed by atoms with Crippen molar-refractivity contribution in [2.75, 3.05) is 31.5 Å². The summed E-state index contributed by atoms with van der Waals surface area (Å²) in [5.41, 5.74) is 1.37. The second kappa shape index (κ2) is 9.04. The lowest BCUT2D eigenvalue weighted by Gasteiger charge is -2.27. The molecule has 2 heterocycles. The predicted octanol–water partition coefficient (Wildman–Crippen LogP) is 2.67. The van der Waals surface area contributed by atoms with Crippen LogP contribution < -0.4 is 10.6 Å². The molecular weight excluding hydrogens is 326 g/mol. The molecule has 5 nitrogen and oxygen atoms in total. The molecule has 0 aromatic heterocycles. The Balaban J connectivity index is 0.00000208. The van der Waals surface area contributed by atoms with Crippen molar-refractivity contribution in [1.29, 1.82) is 0 Å². The molecule has 1 aromatic rings. The maximum absolute atomic E-state index is 12.5. The van der Waals surface area contributed by atoms with Crippen molar-refractivity contribution in [3.63, 3.8) is 0 Å². The van der Waals surface area contributed by atoms with Crippen molar-refractivity contribution in [2.45, 2.75) is 32.1 Å².